The van der Waals surface area contributed by atoms with Crippen LogP contribution in [0.1, 0.15) is 47.0 Å². The minimum absolute atomic E-state index is 0. The van der Waals surface area contributed by atoms with Crippen molar-refractivity contribution in [3.05, 3.63) is 0 Å². The molecule has 0 amide bonds. The summed E-state index contributed by atoms with van der Waals surface area (Å²) < 4.78 is 5.73. The molecule has 6 heteroatoms. The molecule has 23 heavy (non-hydrogen) atoms. The lowest BCUT2D eigenvalue weighted by molar-refractivity contribution is 0.0264. The van der Waals surface area contributed by atoms with Crippen LogP contribution in [-0.4, -0.2) is 74.3 Å². The Morgan fingerprint density at radius 2 is 1.83 bits per heavy atom. The molecule has 0 aliphatic carbocycles. The number of hydrogen-bond donors (Lipinski definition) is 1. The third kappa shape index (κ3) is 9.10. The zero-order valence-corrected chi connectivity index (χ0v) is 17.8. The quantitative estimate of drug-likeness (QED) is 0.259. The molecule has 0 aromatic heterocycles. The van der Waals surface area contributed by atoms with Gasteiger partial charge in [-0.1, -0.05) is 13.8 Å². The summed E-state index contributed by atoms with van der Waals surface area (Å²) in [6, 6.07) is 0. The first kappa shape index (κ1) is 22.9. The Hall–Kier alpha value is -0.0800. The summed E-state index contributed by atoms with van der Waals surface area (Å²) in [6.45, 7) is 16.8. The number of rotatable bonds is 9. The van der Waals surface area contributed by atoms with Crippen LogP contribution < -0.4 is 5.32 Å². The number of hydrogen-bond acceptors (Lipinski definition) is 3. The molecule has 0 aromatic carbocycles. The summed E-state index contributed by atoms with van der Waals surface area (Å²) in [5.41, 5.74) is 0. The van der Waals surface area contributed by atoms with E-state index in [1.165, 1.54) is 0 Å². The highest BCUT2D eigenvalue weighted by molar-refractivity contribution is 14.0. The van der Waals surface area contributed by atoms with Gasteiger partial charge < -0.3 is 19.9 Å². The molecule has 1 heterocycles. The Balaban J connectivity index is 0.00000484. The average Bonchev–Trinajstić information content (AvgIpc) is 2.55. The monoisotopic (exact) mass is 440 g/mol. The molecule has 1 saturated heterocycles. The third-order valence-electron chi connectivity index (χ3n) is 4.27. The molecule has 1 fully saturated rings. The highest BCUT2D eigenvalue weighted by Crippen LogP contribution is 2.13. The number of halogens is 1. The van der Waals surface area contributed by atoms with Gasteiger partial charge in [-0.15, -0.1) is 24.0 Å². The number of nitrogens with zero attached hydrogens (tertiary/aromatic N) is 3. The van der Waals surface area contributed by atoms with Crippen LogP contribution in [0.2, 0.25) is 0 Å². The largest absolute Gasteiger partial charge is 0.378 e. The van der Waals surface area contributed by atoms with Crippen molar-refractivity contribution >= 4 is 29.9 Å². The highest BCUT2D eigenvalue weighted by Gasteiger charge is 2.21. The van der Waals surface area contributed by atoms with Crippen molar-refractivity contribution in [1.82, 2.24) is 15.1 Å². The standard InChI is InChI=1S/C17H36N4O.HI/c1-5-18-17(19-12-9-13-20(6-2)7-3)21-14-10-16(11-15-21)22-8-4;/h16H,5-15H2,1-4H3,(H,18,19);1H. The Morgan fingerprint density at radius 1 is 1.17 bits per heavy atom. The topological polar surface area (TPSA) is 40.1 Å². The van der Waals surface area contributed by atoms with Crippen LogP contribution in [0.4, 0.5) is 0 Å². The van der Waals surface area contributed by atoms with Gasteiger partial charge in [0.25, 0.3) is 0 Å². The second kappa shape index (κ2) is 14.3. The summed E-state index contributed by atoms with van der Waals surface area (Å²) in [5.74, 6) is 1.08. The normalized spacial score (nSPS) is 16.6. The number of piperidine rings is 1. The summed E-state index contributed by atoms with van der Waals surface area (Å²) in [7, 11) is 0. The number of ether oxygens (including phenoxy) is 1. The molecule has 1 aliphatic heterocycles. The first-order valence-electron chi connectivity index (χ1n) is 9.12. The fraction of sp³-hybridized carbons (Fsp3) is 0.941. The molecule has 0 bridgehead atoms. The average molecular weight is 440 g/mol. The fourth-order valence-electron chi connectivity index (χ4n) is 2.91. The lowest BCUT2D eigenvalue weighted by Crippen LogP contribution is -2.47. The second-order valence-corrected chi connectivity index (χ2v) is 5.76. The van der Waals surface area contributed by atoms with Gasteiger partial charge in [-0.3, -0.25) is 4.99 Å². The number of nitrogens with one attached hydrogen (secondary N) is 1. The maximum Gasteiger partial charge on any atom is 0.193 e. The van der Waals surface area contributed by atoms with E-state index in [4.69, 9.17) is 9.73 Å². The number of aliphatic imine (C=N–C) groups is 1. The summed E-state index contributed by atoms with van der Waals surface area (Å²) >= 11 is 0. The minimum atomic E-state index is 0. The first-order valence-corrected chi connectivity index (χ1v) is 9.12. The van der Waals surface area contributed by atoms with Crippen LogP contribution in [0.5, 0.6) is 0 Å². The molecule has 0 unspecified atom stereocenters. The molecule has 138 valence electrons. The lowest BCUT2D eigenvalue weighted by Gasteiger charge is -2.34. The number of likely N-dealkylation sites (tertiary alicyclic amines) is 1. The van der Waals surface area contributed by atoms with E-state index in [0.717, 1.165) is 77.6 Å². The minimum Gasteiger partial charge on any atom is -0.378 e. The van der Waals surface area contributed by atoms with Crippen molar-refractivity contribution in [3.8, 4) is 0 Å². The van der Waals surface area contributed by atoms with Crippen LogP contribution in [-0.2, 0) is 4.74 Å². The maximum atomic E-state index is 5.73. The molecular weight excluding hydrogens is 403 g/mol. The Labute approximate surface area is 160 Å². The van der Waals surface area contributed by atoms with Crippen molar-refractivity contribution in [2.75, 3.05) is 52.4 Å². The van der Waals surface area contributed by atoms with Crippen LogP contribution in [0.15, 0.2) is 4.99 Å². The van der Waals surface area contributed by atoms with Crippen molar-refractivity contribution in [3.63, 3.8) is 0 Å². The van der Waals surface area contributed by atoms with E-state index < -0.39 is 0 Å². The van der Waals surface area contributed by atoms with Gasteiger partial charge in [0.1, 0.15) is 0 Å². The van der Waals surface area contributed by atoms with Crippen LogP contribution in [0.3, 0.4) is 0 Å². The molecule has 0 aromatic rings. The van der Waals surface area contributed by atoms with E-state index in [-0.39, 0.29) is 24.0 Å². The smallest absolute Gasteiger partial charge is 0.193 e. The van der Waals surface area contributed by atoms with Crippen LogP contribution in [0.25, 0.3) is 0 Å². The van der Waals surface area contributed by atoms with E-state index in [2.05, 4.69) is 42.8 Å². The van der Waals surface area contributed by atoms with Gasteiger partial charge >= 0.3 is 0 Å². The fourth-order valence-corrected chi connectivity index (χ4v) is 2.91. The predicted octanol–water partition coefficient (Wildman–Crippen LogP) is 2.80. The highest BCUT2D eigenvalue weighted by atomic mass is 127. The Bertz CT molecular complexity index is 303. The van der Waals surface area contributed by atoms with Gasteiger partial charge in [0.15, 0.2) is 5.96 Å². The van der Waals surface area contributed by atoms with Crippen LogP contribution in [0, 0.1) is 0 Å². The molecule has 1 N–H and O–H groups in total. The molecule has 0 atom stereocenters. The van der Waals surface area contributed by atoms with Crippen molar-refractivity contribution < 1.29 is 4.74 Å². The SMILES string of the molecule is CCNC(=NCCCN(CC)CC)N1CCC(OCC)CC1.I. The zero-order chi connectivity index (χ0) is 16.2. The molecule has 0 spiro atoms. The molecule has 1 aliphatic rings. The molecular formula is C17H37IN4O. The Kier molecular flexibility index (Phi) is 14.2. The van der Waals surface area contributed by atoms with Crippen molar-refractivity contribution in [2.24, 2.45) is 4.99 Å². The number of guanidine groups is 1. The van der Waals surface area contributed by atoms with Gasteiger partial charge in [-0.25, -0.2) is 0 Å². The van der Waals surface area contributed by atoms with E-state index in [1.807, 2.05) is 0 Å². The molecule has 1 rings (SSSR count). The van der Waals surface area contributed by atoms with Gasteiger partial charge in [-0.05, 0) is 52.7 Å². The zero-order valence-electron chi connectivity index (χ0n) is 15.5. The van der Waals surface area contributed by atoms with E-state index >= 15 is 0 Å². The van der Waals surface area contributed by atoms with Crippen molar-refractivity contribution in [2.45, 2.75) is 53.1 Å². The van der Waals surface area contributed by atoms with Crippen LogP contribution >= 0.6 is 24.0 Å². The molecule has 5 nitrogen and oxygen atoms in total. The first-order chi connectivity index (χ1) is 10.7. The lowest BCUT2D eigenvalue weighted by atomic mass is 10.1. The van der Waals surface area contributed by atoms with Gasteiger partial charge in [-0.2, -0.15) is 0 Å². The van der Waals surface area contributed by atoms with Gasteiger partial charge in [0.2, 0.25) is 0 Å². The predicted molar refractivity (Wildman–Crippen MR) is 110 cm³/mol. The molecule has 0 radical (unpaired) electrons. The van der Waals surface area contributed by atoms with Gasteiger partial charge in [0.05, 0.1) is 6.10 Å². The molecule has 0 saturated carbocycles. The van der Waals surface area contributed by atoms with E-state index in [9.17, 15) is 0 Å². The summed E-state index contributed by atoms with van der Waals surface area (Å²) in [5, 5.41) is 3.44. The van der Waals surface area contributed by atoms with Crippen molar-refractivity contribution in [1.29, 1.82) is 0 Å². The third-order valence-corrected chi connectivity index (χ3v) is 4.27. The second-order valence-electron chi connectivity index (χ2n) is 5.76. The summed E-state index contributed by atoms with van der Waals surface area (Å²) in [4.78, 5) is 9.65. The van der Waals surface area contributed by atoms with E-state index in [1.54, 1.807) is 0 Å². The van der Waals surface area contributed by atoms with Gasteiger partial charge in [0, 0.05) is 32.8 Å². The Morgan fingerprint density at radius 3 is 2.35 bits per heavy atom. The summed E-state index contributed by atoms with van der Waals surface area (Å²) in [6.07, 6.45) is 3.79. The maximum absolute atomic E-state index is 5.73. The van der Waals surface area contributed by atoms with E-state index in [0.29, 0.717) is 6.10 Å².